The predicted octanol–water partition coefficient (Wildman–Crippen LogP) is 3.39. The van der Waals surface area contributed by atoms with Crippen molar-refractivity contribution in [3.05, 3.63) is 18.2 Å². The second-order valence-electron chi connectivity index (χ2n) is 4.40. The van der Waals surface area contributed by atoms with Gasteiger partial charge in [0.15, 0.2) is 5.17 Å². The fraction of sp³-hybridized carbons (Fsp3) is 0.500. The second kappa shape index (κ2) is 6.70. The molecule has 0 amide bonds. The number of rotatable bonds is 5. The van der Waals surface area contributed by atoms with Gasteiger partial charge >= 0.3 is 0 Å². The Morgan fingerprint density at radius 1 is 1.26 bits per heavy atom. The molecule has 5 heteroatoms. The van der Waals surface area contributed by atoms with E-state index in [0.29, 0.717) is 5.25 Å². The highest BCUT2D eigenvalue weighted by Gasteiger charge is 2.18. The van der Waals surface area contributed by atoms with Crippen LogP contribution >= 0.6 is 11.8 Å². The van der Waals surface area contributed by atoms with Crippen LogP contribution in [-0.4, -0.2) is 31.2 Å². The van der Waals surface area contributed by atoms with Crippen molar-refractivity contribution in [1.29, 1.82) is 0 Å². The summed E-state index contributed by atoms with van der Waals surface area (Å²) in [7, 11) is 3.30. The van der Waals surface area contributed by atoms with E-state index >= 15 is 0 Å². The van der Waals surface area contributed by atoms with Crippen LogP contribution in [0.5, 0.6) is 11.5 Å². The molecule has 1 aromatic rings. The van der Waals surface area contributed by atoms with Crippen LogP contribution in [0.4, 0.5) is 5.69 Å². The van der Waals surface area contributed by atoms with Crippen LogP contribution < -0.4 is 14.8 Å². The third-order valence-electron chi connectivity index (χ3n) is 2.93. The number of benzene rings is 1. The fourth-order valence-electron chi connectivity index (χ4n) is 1.96. The number of ether oxygens (including phenoxy) is 2. The number of nitrogens with one attached hydrogen (secondary N) is 1. The molecule has 0 aliphatic carbocycles. The minimum Gasteiger partial charge on any atom is -0.497 e. The first-order chi connectivity index (χ1) is 9.25. The first-order valence-corrected chi connectivity index (χ1v) is 7.34. The molecule has 0 aromatic heterocycles. The molecule has 1 aromatic carbocycles. The first-order valence-electron chi connectivity index (χ1n) is 6.46. The molecule has 2 rings (SSSR count). The topological polar surface area (TPSA) is 42.9 Å². The molecule has 104 valence electrons. The Balaban J connectivity index is 2.03. The van der Waals surface area contributed by atoms with Gasteiger partial charge in [-0.25, -0.2) is 0 Å². The van der Waals surface area contributed by atoms with Gasteiger partial charge in [-0.3, -0.25) is 4.99 Å². The quantitative estimate of drug-likeness (QED) is 0.898. The molecule has 0 saturated heterocycles. The van der Waals surface area contributed by atoms with Gasteiger partial charge in [-0.05, 0) is 6.42 Å². The number of hydrogen-bond donors (Lipinski definition) is 1. The van der Waals surface area contributed by atoms with Crippen molar-refractivity contribution >= 4 is 22.6 Å². The SMILES string of the molecule is CCCC1CN=C(Nc2cc(OC)cc(OC)c2)S1. The Morgan fingerprint density at radius 2 is 1.95 bits per heavy atom. The van der Waals surface area contributed by atoms with Crippen LogP contribution in [0.3, 0.4) is 0 Å². The Kier molecular flexibility index (Phi) is 4.96. The molecule has 1 heterocycles. The summed E-state index contributed by atoms with van der Waals surface area (Å²) in [5, 5.41) is 4.92. The van der Waals surface area contributed by atoms with E-state index in [-0.39, 0.29) is 0 Å². The molecule has 4 nitrogen and oxygen atoms in total. The lowest BCUT2D eigenvalue weighted by Crippen LogP contribution is -2.07. The highest BCUT2D eigenvalue weighted by Crippen LogP contribution is 2.29. The van der Waals surface area contributed by atoms with Crippen LogP contribution in [0.2, 0.25) is 0 Å². The van der Waals surface area contributed by atoms with Crippen LogP contribution in [0.15, 0.2) is 23.2 Å². The van der Waals surface area contributed by atoms with Crippen molar-refractivity contribution in [2.75, 3.05) is 26.1 Å². The number of anilines is 1. The summed E-state index contributed by atoms with van der Waals surface area (Å²) in [6.07, 6.45) is 2.41. The Bertz CT molecular complexity index is 441. The Labute approximate surface area is 118 Å². The van der Waals surface area contributed by atoms with Crippen molar-refractivity contribution in [1.82, 2.24) is 0 Å². The van der Waals surface area contributed by atoms with Crippen molar-refractivity contribution < 1.29 is 9.47 Å². The van der Waals surface area contributed by atoms with E-state index in [1.807, 2.05) is 30.0 Å². The summed E-state index contributed by atoms with van der Waals surface area (Å²) in [5.74, 6) is 1.55. The van der Waals surface area contributed by atoms with Gasteiger partial charge in [-0.1, -0.05) is 25.1 Å². The molecule has 0 fully saturated rings. The molecular formula is C14H20N2O2S. The number of aliphatic imine (C=N–C) groups is 1. The zero-order chi connectivity index (χ0) is 13.7. The summed E-state index contributed by atoms with van der Waals surface area (Å²) in [6, 6.07) is 5.74. The minimum atomic E-state index is 0.611. The lowest BCUT2D eigenvalue weighted by molar-refractivity contribution is 0.395. The average molecular weight is 280 g/mol. The third kappa shape index (κ3) is 3.80. The molecule has 0 saturated carbocycles. The molecule has 0 radical (unpaired) electrons. The number of nitrogens with zero attached hydrogens (tertiary/aromatic N) is 1. The minimum absolute atomic E-state index is 0.611. The van der Waals surface area contributed by atoms with Crippen molar-refractivity contribution in [3.8, 4) is 11.5 Å². The van der Waals surface area contributed by atoms with E-state index in [1.165, 1.54) is 12.8 Å². The summed E-state index contributed by atoms with van der Waals surface area (Å²) >= 11 is 1.81. The fourth-order valence-corrected chi connectivity index (χ4v) is 3.11. The van der Waals surface area contributed by atoms with Crippen LogP contribution in [0.1, 0.15) is 19.8 Å². The van der Waals surface area contributed by atoms with E-state index in [2.05, 4.69) is 17.2 Å². The second-order valence-corrected chi connectivity index (χ2v) is 5.69. The van der Waals surface area contributed by atoms with E-state index in [4.69, 9.17) is 9.47 Å². The van der Waals surface area contributed by atoms with Crippen molar-refractivity contribution in [2.45, 2.75) is 25.0 Å². The van der Waals surface area contributed by atoms with Gasteiger partial charge in [0.25, 0.3) is 0 Å². The van der Waals surface area contributed by atoms with Gasteiger partial charge in [-0.2, -0.15) is 0 Å². The van der Waals surface area contributed by atoms with E-state index in [0.717, 1.165) is 28.9 Å². The monoisotopic (exact) mass is 280 g/mol. The van der Waals surface area contributed by atoms with Crippen LogP contribution in [0.25, 0.3) is 0 Å². The van der Waals surface area contributed by atoms with Gasteiger partial charge in [0.2, 0.25) is 0 Å². The molecule has 19 heavy (non-hydrogen) atoms. The Hall–Kier alpha value is -1.36. The molecule has 1 unspecified atom stereocenters. The lowest BCUT2D eigenvalue weighted by Gasteiger charge is -2.11. The van der Waals surface area contributed by atoms with Crippen molar-refractivity contribution in [2.24, 2.45) is 4.99 Å². The molecule has 1 N–H and O–H groups in total. The van der Waals surface area contributed by atoms with E-state index in [9.17, 15) is 0 Å². The summed E-state index contributed by atoms with van der Waals surface area (Å²) in [4.78, 5) is 4.53. The van der Waals surface area contributed by atoms with Gasteiger partial charge in [0.1, 0.15) is 11.5 Å². The van der Waals surface area contributed by atoms with Crippen LogP contribution in [0, 0.1) is 0 Å². The third-order valence-corrected chi connectivity index (χ3v) is 4.10. The highest BCUT2D eigenvalue weighted by molar-refractivity contribution is 8.15. The van der Waals surface area contributed by atoms with Gasteiger partial charge < -0.3 is 14.8 Å². The lowest BCUT2D eigenvalue weighted by atomic mass is 10.2. The Morgan fingerprint density at radius 3 is 2.53 bits per heavy atom. The summed E-state index contributed by atoms with van der Waals surface area (Å²) in [6.45, 7) is 3.11. The number of methoxy groups -OCH3 is 2. The largest absolute Gasteiger partial charge is 0.497 e. The maximum Gasteiger partial charge on any atom is 0.161 e. The molecule has 0 bridgehead atoms. The van der Waals surface area contributed by atoms with Gasteiger partial charge in [0, 0.05) is 29.1 Å². The molecular weight excluding hydrogens is 260 g/mol. The van der Waals surface area contributed by atoms with Crippen LogP contribution in [-0.2, 0) is 0 Å². The first kappa shape index (κ1) is 14.1. The summed E-state index contributed by atoms with van der Waals surface area (Å²) in [5.41, 5.74) is 0.944. The highest BCUT2D eigenvalue weighted by atomic mass is 32.2. The standard InChI is InChI=1S/C14H20N2O2S/c1-4-5-13-9-15-14(19-13)16-10-6-11(17-2)8-12(7-10)18-3/h6-8,13H,4-5,9H2,1-3H3,(H,15,16). The molecule has 1 aliphatic rings. The van der Waals surface area contributed by atoms with Crippen molar-refractivity contribution in [3.63, 3.8) is 0 Å². The molecule has 1 atom stereocenters. The van der Waals surface area contributed by atoms with E-state index < -0.39 is 0 Å². The smallest absolute Gasteiger partial charge is 0.161 e. The van der Waals surface area contributed by atoms with Gasteiger partial charge in [-0.15, -0.1) is 0 Å². The maximum absolute atomic E-state index is 5.25. The number of thioether (sulfide) groups is 1. The zero-order valence-electron chi connectivity index (χ0n) is 11.6. The average Bonchev–Trinajstić information content (AvgIpc) is 2.86. The van der Waals surface area contributed by atoms with E-state index in [1.54, 1.807) is 14.2 Å². The van der Waals surface area contributed by atoms with Gasteiger partial charge in [0.05, 0.1) is 20.8 Å². The predicted molar refractivity (Wildman–Crippen MR) is 81.8 cm³/mol. The summed E-state index contributed by atoms with van der Waals surface area (Å²) < 4.78 is 10.5. The normalized spacial score (nSPS) is 18.1. The number of hydrogen-bond acceptors (Lipinski definition) is 5. The molecule has 0 spiro atoms. The zero-order valence-corrected chi connectivity index (χ0v) is 12.4. The maximum atomic E-state index is 5.25. The number of amidine groups is 1. The molecule has 1 aliphatic heterocycles.